The Morgan fingerprint density at radius 2 is 2.00 bits per heavy atom. The van der Waals surface area contributed by atoms with E-state index in [1.165, 1.54) is 17.4 Å². The zero-order chi connectivity index (χ0) is 16.0. The zero-order valence-corrected chi connectivity index (χ0v) is 13.4. The summed E-state index contributed by atoms with van der Waals surface area (Å²) in [5.41, 5.74) is 1.08. The standard InChI is InChI=1S/C16H20N6O/c1-20-10-17-15(7-16(20)23)21(2)12-8-22(9-12)14-6-5-13(18-19-14)11-3-4-11/h5-7,10-12H,3-4,8-9H2,1-2H3. The number of aryl methyl sites for hydroxylation is 1. The highest BCUT2D eigenvalue weighted by molar-refractivity contribution is 5.47. The topological polar surface area (TPSA) is 67.2 Å². The van der Waals surface area contributed by atoms with Gasteiger partial charge < -0.3 is 14.4 Å². The van der Waals surface area contributed by atoms with Gasteiger partial charge in [0.15, 0.2) is 5.82 Å². The molecular formula is C16H20N6O. The zero-order valence-electron chi connectivity index (χ0n) is 13.4. The third-order valence-corrected chi connectivity index (χ3v) is 4.73. The summed E-state index contributed by atoms with van der Waals surface area (Å²) >= 11 is 0. The molecule has 0 radical (unpaired) electrons. The third-order valence-electron chi connectivity index (χ3n) is 4.73. The van der Waals surface area contributed by atoms with Crippen LogP contribution in [0.3, 0.4) is 0 Å². The number of hydrogen-bond acceptors (Lipinski definition) is 6. The molecule has 0 bridgehead atoms. The van der Waals surface area contributed by atoms with E-state index in [0.717, 1.165) is 24.6 Å². The van der Waals surface area contributed by atoms with E-state index >= 15 is 0 Å². The van der Waals surface area contributed by atoms with E-state index < -0.39 is 0 Å². The molecule has 3 heterocycles. The first-order valence-electron chi connectivity index (χ1n) is 7.96. The Balaban J connectivity index is 1.40. The van der Waals surface area contributed by atoms with E-state index in [0.29, 0.717) is 17.8 Å². The number of likely N-dealkylation sites (N-methyl/N-ethyl adjacent to an activating group) is 1. The van der Waals surface area contributed by atoms with Gasteiger partial charge in [-0.25, -0.2) is 4.98 Å². The van der Waals surface area contributed by atoms with E-state index in [1.54, 1.807) is 19.4 Å². The number of hydrogen-bond donors (Lipinski definition) is 0. The smallest absolute Gasteiger partial charge is 0.255 e. The molecule has 1 saturated carbocycles. The molecule has 2 fully saturated rings. The summed E-state index contributed by atoms with van der Waals surface area (Å²) in [5, 5.41) is 8.67. The van der Waals surface area contributed by atoms with Crippen LogP contribution in [0.15, 0.2) is 29.3 Å². The fourth-order valence-electron chi connectivity index (χ4n) is 2.82. The van der Waals surface area contributed by atoms with Crippen LogP contribution in [0.4, 0.5) is 11.6 Å². The van der Waals surface area contributed by atoms with Crippen LogP contribution in [0.25, 0.3) is 0 Å². The van der Waals surface area contributed by atoms with Crippen molar-refractivity contribution >= 4 is 11.6 Å². The summed E-state index contributed by atoms with van der Waals surface area (Å²) in [7, 11) is 3.68. The molecule has 1 aliphatic carbocycles. The molecule has 7 heteroatoms. The van der Waals surface area contributed by atoms with Crippen LogP contribution in [-0.4, -0.2) is 45.9 Å². The van der Waals surface area contributed by atoms with Gasteiger partial charge in [0.2, 0.25) is 0 Å². The second kappa shape index (κ2) is 5.33. The fourth-order valence-corrected chi connectivity index (χ4v) is 2.82. The molecule has 0 spiro atoms. The summed E-state index contributed by atoms with van der Waals surface area (Å²) in [5.74, 6) is 2.28. The Morgan fingerprint density at radius 1 is 1.22 bits per heavy atom. The maximum atomic E-state index is 11.7. The lowest BCUT2D eigenvalue weighted by molar-refractivity contribution is 0.486. The summed E-state index contributed by atoms with van der Waals surface area (Å²) in [6.45, 7) is 1.73. The van der Waals surface area contributed by atoms with Crippen molar-refractivity contribution in [1.29, 1.82) is 0 Å². The largest absolute Gasteiger partial charge is 0.353 e. The van der Waals surface area contributed by atoms with Gasteiger partial charge in [-0.3, -0.25) is 4.79 Å². The first-order valence-corrected chi connectivity index (χ1v) is 7.96. The van der Waals surface area contributed by atoms with Crippen molar-refractivity contribution in [2.24, 2.45) is 7.05 Å². The third kappa shape index (κ3) is 2.67. The lowest BCUT2D eigenvalue weighted by Gasteiger charge is -2.44. The van der Waals surface area contributed by atoms with Gasteiger partial charge in [0.25, 0.3) is 5.56 Å². The minimum atomic E-state index is -0.0421. The molecule has 2 aromatic rings. The monoisotopic (exact) mass is 312 g/mol. The highest BCUT2D eigenvalue weighted by Crippen LogP contribution is 2.38. The van der Waals surface area contributed by atoms with Crippen LogP contribution in [0, 0.1) is 0 Å². The number of aromatic nitrogens is 4. The molecule has 0 atom stereocenters. The van der Waals surface area contributed by atoms with E-state index in [2.05, 4.69) is 37.1 Å². The molecule has 2 aliphatic rings. The minimum Gasteiger partial charge on any atom is -0.353 e. The van der Waals surface area contributed by atoms with Crippen molar-refractivity contribution < 1.29 is 0 Å². The average molecular weight is 312 g/mol. The predicted molar refractivity (Wildman–Crippen MR) is 87.9 cm³/mol. The molecule has 120 valence electrons. The van der Waals surface area contributed by atoms with E-state index in [4.69, 9.17) is 0 Å². The van der Waals surface area contributed by atoms with Crippen LogP contribution in [0.5, 0.6) is 0 Å². The van der Waals surface area contributed by atoms with Crippen molar-refractivity contribution in [3.8, 4) is 0 Å². The fraction of sp³-hybridized carbons (Fsp3) is 0.500. The maximum Gasteiger partial charge on any atom is 0.255 e. The van der Waals surface area contributed by atoms with Gasteiger partial charge in [-0.05, 0) is 25.0 Å². The second-order valence-electron chi connectivity index (χ2n) is 6.46. The molecule has 0 N–H and O–H groups in total. The Hall–Kier alpha value is -2.44. The van der Waals surface area contributed by atoms with Gasteiger partial charge in [0.05, 0.1) is 18.1 Å². The van der Waals surface area contributed by atoms with Gasteiger partial charge in [-0.1, -0.05) is 0 Å². The van der Waals surface area contributed by atoms with Crippen molar-refractivity contribution in [3.63, 3.8) is 0 Å². The summed E-state index contributed by atoms with van der Waals surface area (Å²) in [4.78, 5) is 20.3. The highest BCUT2D eigenvalue weighted by atomic mass is 16.1. The minimum absolute atomic E-state index is 0.0421. The number of nitrogens with zero attached hydrogens (tertiary/aromatic N) is 6. The SMILES string of the molecule is CN(c1cc(=O)n(C)cn1)C1CN(c2ccc(C3CC3)nn2)C1. The van der Waals surface area contributed by atoms with Crippen LogP contribution < -0.4 is 15.4 Å². The first kappa shape index (κ1) is 14.2. The first-order chi connectivity index (χ1) is 11.1. The molecule has 4 rings (SSSR count). The molecular weight excluding hydrogens is 292 g/mol. The molecule has 0 unspecified atom stereocenters. The normalized spacial score (nSPS) is 17.9. The molecule has 23 heavy (non-hydrogen) atoms. The molecule has 1 aliphatic heterocycles. The van der Waals surface area contributed by atoms with Gasteiger partial charge in [-0.15, -0.1) is 5.10 Å². The molecule has 0 aromatic carbocycles. The molecule has 7 nitrogen and oxygen atoms in total. The van der Waals surface area contributed by atoms with E-state index in [9.17, 15) is 4.79 Å². The van der Waals surface area contributed by atoms with E-state index in [1.807, 2.05) is 7.05 Å². The Bertz CT molecular complexity index is 761. The van der Waals surface area contributed by atoms with Crippen LogP contribution in [-0.2, 0) is 7.05 Å². The Labute approximate surface area is 134 Å². The molecule has 1 saturated heterocycles. The van der Waals surface area contributed by atoms with Crippen molar-refractivity contribution in [2.45, 2.75) is 24.8 Å². The number of rotatable bonds is 4. The van der Waals surface area contributed by atoms with Crippen LogP contribution >= 0.6 is 0 Å². The summed E-state index contributed by atoms with van der Waals surface area (Å²) in [6, 6.07) is 6.07. The Morgan fingerprint density at radius 3 is 2.61 bits per heavy atom. The lowest BCUT2D eigenvalue weighted by atomic mass is 10.1. The van der Waals surface area contributed by atoms with Crippen molar-refractivity contribution in [1.82, 2.24) is 19.7 Å². The second-order valence-corrected chi connectivity index (χ2v) is 6.46. The van der Waals surface area contributed by atoms with Crippen LogP contribution in [0.1, 0.15) is 24.5 Å². The van der Waals surface area contributed by atoms with Gasteiger partial charge in [-0.2, -0.15) is 5.10 Å². The summed E-state index contributed by atoms with van der Waals surface area (Å²) < 4.78 is 1.47. The van der Waals surface area contributed by atoms with Crippen LogP contribution in [0.2, 0.25) is 0 Å². The van der Waals surface area contributed by atoms with Gasteiger partial charge in [0.1, 0.15) is 5.82 Å². The molecule has 0 amide bonds. The average Bonchev–Trinajstić information content (AvgIpc) is 3.34. The quantitative estimate of drug-likeness (QED) is 0.831. The Kier molecular flexibility index (Phi) is 3.28. The number of anilines is 2. The van der Waals surface area contributed by atoms with Gasteiger partial charge >= 0.3 is 0 Å². The maximum absolute atomic E-state index is 11.7. The lowest BCUT2D eigenvalue weighted by Crippen LogP contribution is -2.59. The summed E-state index contributed by atoms with van der Waals surface area (Å²) in [6.07, 6.45) is 4.05. The van der Waals surface area contributed by atoms with Crippen molar-refractivity contribution in [3.05, 3.63) is 40.6 Å². The van der Waals surface area contributed by atoms with E-state index in [-0.39, 0.29) is 5.56 Å². The van der Waals surface area contributed by atoms with Crippen molar-refractivity contribution in [2.75, 3.05) is 29.9 Å². The predicted octanol–water partition coefficient (Wildman–Crippen LogP) is 0.773. The van der Waals surface area contributed by atoms with Gasteiger partial charge in [0, 0.05) is 39.2 Å². The molecule has 2 aromatic heterocycles. The highest BCUT2D eigenvalue weighted by Gasteiger charge is 2.32.